The van der Waals surface area contributed by atoms with Crippen molar-refractivity contribution in [1.29, 1.82) is 0 Å². The zero-order chi connectivity index (χ0) is 11.3. The lowest BCUT2D eigenvalue weighted by molar-refractivity contribution is -0.149. The Morgan fingerprint density at radius 2 is 2.07 bits per heavy atom. The molecule has 1 atom stereocenters. The Balaban J connectivity index is 1.97. The number of nitrogens with one attached hydrogen (secondary N) is 1. The zero-order valence-corrected chi connectivity index (χ0v) is 10.1. The molecule has 0 aromatic heterocycles. The Kier molecular flexibility index (Phi) is 5.09. The van der Waals surface area contributed by atoms with E-state index < -0.39 is 0 Å². The van der Waals surface area contributed by atoms with Gasteiger partial charge in [0.2, 0.25) is 0 Å². The molecule has 0 aliphatic heterocycles. The summed E-state index contributed by atoms with van der Waals surface area (Å²) in [6.45, 7) is 8.13. The first-order chi connectivity index (χ1) is 7.09. The van der Waals surface area contributed by atoms with Crippen LogP contribution in [0.15, 0.2) is 0 Å². The lowest BCUT2D eigenvalue weighted by atomic mass is 10.1. The van der Waals surface area contributed by atoms with Crippen LogP contribution in [0.3, 0.4) is 0 Å². The number of carbonyl (C=O) groups excluding carboxylic acids is 1. The predicted molar refractivity (Wildman–Crippen MR) is 60.6 cm³/mol. The molecule has 0 spiro atoms. The molecule has 1 fully saturated rings. The number of esters is 1. The Bertz CT molecular complexity index is 200. The molecule has 88 valence electrons. The molecule has 1 rings (SSSR count). The molecule has 0 saturated heterocycles. The first-order valence-corrected chi connectivity index (χ1v) is 6.00. The van der Waals surface area contributed by atoms with Crippen molar-refractivity contribution in [3.8, 4) is 0 Å². The summed E-state index contributed by atoms with van der Waals surface area (Å²) in [4.78, 5) is 11.3. The van der Waals surface area contributed by atoms with Gasteiger partial charge in [-0.15, -0.1) is 0 Å². The largest absolute Gasteiger partial charge is 0.461 e. The van der Waals surface area contributed by atoms with Gasteiger partial charge in [0.25, 0.3) is 0 Å². The molecule has 1 N–H and O–H groups in total. The van der Waals surface area contributed by atoms with Crippen molar-refractivity contribution in [2.24, 2.45) is 11.8 Å². The van der Waals surface area contributed by atoms with Crippen LogP contribution in [0, 0.1) is 11.8 Å². The highest BCUT2D eigenvalue weighted by atomic mass is 16.5. The quantitative estimate of drug-likeness (QED) is 0.519. The number of hydrogen-bond donors (Lipinski definition) is 1. The molecule has 0 radical (unpaired) electrons. The van der Waals surface area contributed by atoms with E-state index in [1.54, 1.807) is 0 Å². The third kappa shape index (κ3) is 5.78. The van der Waals surface area contributed by atoms with E-state index in [-0.39, 0.29) is 18.0 Å². The third-order valence-corrected chi connectivity index (χ3v) is 2.56. The fourth-order valence-corrected chi connectivity index (χ4v) is 1.35. The van der Waals surface area contributed by atoms with E-state index in [2.05, 4.69) is 19.2 Å². The average molecular weight is 213 g/mol. The third-order valence-electron chi connectivity index (χ3n) is 2.56. The predicted octanol–water partition coefficient (Wildman–Crippen LogP) is 1.96. The van der Waals surface area contributed by atoms with E-state index >= 15 is 0 Å². The van der Waals surface area contributed by atoms with Crippen LogP contribution < -0.4 is 5.32 Å². The van der Waals surface area contributed by atoms with Crippen LogP contribution in [-0.4, -0.2) is 25.2 Å². The van der Waals surface area contributed by atoms with E-state index in [1.807, 2.05) is 6.92 Å². The van der Waals surface area contributed by atoms with Gasteiger partial charge in [0, 0.05) is 6.54 Å². The van der Waals surface area contributed by atoms with Gasteiger partial charge >= 0.3 is 5.97 Å². The topological polar surface area (TPSA) is 38.3 Å². The van der Waals surface area contributed by atoms with Gasteiger partial charge in [0.05, 0.1) is 5.92 Å². The van der Waals surface area contributed by atoms with Gasteiger partial charge in [-0.3, -0.25) is 4.79 Å². The molecule has 3 nitrogen and oxygen atoms in total. The maximum absolute atomic E-state index is 11.3. The summed E-state index contributed by atoms with van der Waals surface area (Å²) in [6.07, 6.45) is 3.22. The highest BCUT2D eigenvalue weighted by Gasteiger charge is 2.32. The average Bonchev–Trinajstić information content (AvgIpc) is 2.94. The zero-order valence-electron chi connectivity index (χ0n) is 10.1. The normalized spacial score (nSPS) is 17.9. The molecule has 3 heteroatoms. The molecule has 0 aromatic rings. The molecule has 1 unspecified atom stereocenters. The fourth-order valence-electron chi connectivity index (χ4n) is 1.35. The van der Waals surface area contributed by atoms with E-state index in [0.717, 1.165) is 31.8 Å². The first kappa shape index (κ1) is 12.5. The maximum Gasteiger partial charge on any atom is 0.309 e. The lowest BCUT2D eigenvalue weighted by Gasteiger charge is -2.14. The second kappa shape index (κ2) is 6.11. The second-order valence-corrected chi connectivity index (χ2v) is 4.91. The van der Waals surface area contributed by atoms with Crippen molar-refractivity contribution in [3.63, 3.8) is 0 Å². The van der Waals surface area contributed by atoms with Crippen LogP contribution in [0.5, 0.6) is 0 Å². The monoisotopic (exact) mass is 213 g/mol. The fraction of sp³-hybridized carbons (Fsp3) is 0.917. The minimum absolute atomic E-state index is 0.00487. The van der Waals surface area contributed by atoms with E-state index in [4.69, 9.17) is 4.74 Å². The van der Waals surface area contributed by atoms with Crippen LogP contribution in [0.2, 0.25) is 0 Å². The van der Waals surface area contributed by atoms with Crippen molar-refractivity contribution in [1.82, 2.24) is 5.32 Å². The molecule has 0 bridgehead atoms. The maximum atomic E-state index is 11.3. The minimum atomic E-state index is -0.00633. The Hall–Kier alpha value is -0.570. The number of ether oxygens (including phenoxy) is 1. The van der Waals surface area contributed by atoms with Gasteiger partial charge in [0.15, 0.2) is 0 Å². The van der Waals surface area contributed by atoms with Crippen LogP contribution in [0.25, 0.3) is 0 Å². The molecule has 0 amide bonds. The molecule has 0 aromatic carbocycles. The minimum Gasteiger partial charge on any atom is -0.461 e. The summed E-state index contributed by atoms with van der Waals surface area (Å²) >= 11 is 0. The Labute approximate surface area is 92.6 Å². The van der Waals surface area contributed by atoms with E-state index in [0.29, 0.717) is 0 Å². The van der Waals surface area contributed by atoms with Crippen LogP contribution >= 0.6 is 0 Å². The highest BCUT2D eigenvalue weighted by Crippen LogP contribution is 2.30. The van der Waals surface area contributed by atoms with Gasteiger partial charge in [-0.05, 0) is 38.6 Å². The lowest BCUT2D eigenvalue weighted by Crippen LogP contribution is -2.30. The van der Waals surface area contributed by atoms with Crippen molar-refractivity contribution in [2.45, 2.75) is 46.1 Å². The van der Waals surface area contributed by atoms with E-state index in [1.165, 1.54) is 6.42 Å². The number of rotatable bonds is 7. The molecular formula is C12H23NO2. The Morgan fingerprint density at radius 3 is 2.60 bits per heavy atom. The summed E-state index contributed by atoms with van der Waals surface area (Å²) in [6, 6.07) is 0. The highest BCUT2D eigenvalue weighted by molar-refractivity contribution is 5.75. The van der Waals surface area contributed by atoms with Gasteiger partial charge in [0.1, 0.15) is 6.10 Å². The summed E-state index contributed by atoms with van der Waals surface area (Å²) in [5, 5.41) is 3.30. The second-order valence-electron chi connectivity index (χ2n) is 4.91. The smallest absolute Gasteiger partial charge is 0.309 e. The van der Waals surface area contributed by atoms with E-state index in [9.17, 15) is 4.79 Å². The summed E-state index contributed by atoms with van der Waals surface area (Å²) < 4.78 is 5.28. The van der Waals surface area contributed by atoms with Gasteiger partial charge < -0.3 is 10.1 Å². The molecule has 1 saturated carbocycles. The molecule has 1 aliphatic rings. The van der Waals surface area contributed by atoms with Crippen molar-refractivity contribution in [2.75, 3.05) is 13.1 Å². The summed E-state index contributed by atoms with van der Waals surface area (Å²) in [5.74, 6) is 0.929. The molecule has 15 heavy (non-hydrogen) atoms. The van der Waals surface area contributed by atoms with Crippen LogP contribution in [0.1, 0.15) is 40.0 Å². The van der Waals surface area contributed by atoms with Crippen molar-refractivity contribution < 1.29 is 9.53 Å². The van der Waals surface area contributed by atoms with Gasteiger partial charge in [-0.25, -0.2) is 0 Å². The molecular weight excluding hydrogens is 190 g/mol. The first-order valence-electron chi connectivity index (χ1n) is 6.00. The summed E-state index contributed by atoms with van der Waals surface area (Å²) in [7, 11) is 0. The van der Waals surface area contributed by atoms with Gasteiger partial charge in [-0.2, -0.15) is 0 Å². The molecule has 1 aliphatic carbocycles. The van der Waals surface area contributed by atoms with Crippen LogP contribution in [0.4, 0.5) is 0 Å². The van der Waals surface area contributed by atoms with Crippen LogP contribution in [-0.2, 0) is 9.53 Å². The SMILES string of the molecule is CC(C)CCNCC(C)OC(=O)C1CC1. The van der Waals surface area contributed by atoms with Gasteiger partial charge in [-0.1, -0.05) is 13.8 Å². The number of hydrogen-bond acceptors (Lipinski definition) is 3. The summed E-state index contributed by atoms with van der Waals surface area (Å²) in [5.41, 5.74) is 0. The molecule has 0 heterocycles. The Morgan fingerprint density at radius 1 is 1.40 bits per heavy atom. The van der Waals surface area contributed by atoms with Crippen molar-refractivity contribution >= 4 is 5.97 Å². The van der Waals surface area contributed by atoms with Crippen molar-refractivity contribution in [3.05, 3.63) is 0 Å². The standard InChI is InChI=1S/C12H23NO2/c1-9(2)6-7-13-8-10(3)15-12(14)11-4-5-11/h9-11,13H,4-8H2,1-3H3. The number of carbonyl (C=O) groups is 1.